The van der Waals surface area contributed by atoms with Crippen molar-refractivity contribution >= 4 is 10.9 Å². The smallest absolute Gasteiger partial charge is 0.123 e. The molecule has 2 aromatic heterocycles. The summed E-state index contributed by atoms with van der Waals surface area (Å²) in [6.45, 7) is 1.15. The average molecular weight is 267 g/mol. The van der Waals surface area contributed by atoms with Gasteiger partial charge in [-0.15, -0.1) is 10.2 Å². The fraction of sp³-hybridized carbons (Fsp3) is 0.333. The number of hydrogen-bond donors (Lipinski definition) is 2. The van der Waals surface area contributed by atoms with Crippen LogP contribution in [-0.2, 0) is 6.42 Å². The molecule has 0 unspecified atom stereocenters. The Labute approximate surface area is 117 Å². The van der Waals surface area contributed by atoms with Crippen molar-refractivity contribution in [1.82, 2.24) is 25.1 Å². The third kappa shape index (κ3) is 2.00. The second-order valence-corrected chi connectivity index (χ2v) is 5.41. The number of H-pyrrole nitrogens is 1. The molecule has 20 heavy (non-hydrogen) atoms. The Balaban J connectivity index is 1.72. The van der Waals surface area contributed by atoms with E-state index < -0.39 is 0 Å². The molecule has 0 amide bonds. The van der Waals surface area contributed by atoms with E-state index in [2.05, 4.69) is 44.9 Å². The fourth-order valence-electron chi connectivity index (χ4n) is 3.03. The summed E-state index contributed by atoms with van der Waals surface area (Å²) in [6.07, 6.45) is 9.25. The zero-order valence-electron chi connectivity index (χ0n) is 11.2. The van der Waals surface area contributed by atoms with Crippen LogP contribution in [0.25, 0.3) is 16.6 Å². The first-order valence-corrected chi connectivity index (χ1v) is 7.08. The molecule has 1 aliphatic rings. The zero-order chi connectivity index (χ0) is 13.4. The molecule has 0 aliphatic carbocycles. The predicted octanol–water partition coefficient (Wildman–Crippen LogP) is 2.04. The second-order valence-electron chi connectivity index (χ2n) is 5.41. The second kappa shape index (κ2) is 4.76. The molecule has 1 fully saturated rings. The molecule has 3 aromatic rings. The lowest BCUT2D eigenvalue weighted by molar-refractivity contribution is 0.605. The highest BCUT2D eigenvalue weighted by Crippen LogP contribution is 2.24. The first-order valence-electron chi connectivity index (χ1n) is 7.08. The molecule has 3 heterocycles. The summed E-state index contributed by atoms with van der Waals surface area (Å²) in [5.41, 5.74) is 3.67. The third-order valence-corrected chi connectivity index (χ3v) is 4.10. The normalized spacial score (nSPS) is 18.9. The quantitative estimate of drug-likeness (QED) is 0.763. The first-order chi connectivity index (χ1) is 9.90. The molecule has 5 nitrogen and oxygen atoms in total. The highest BCUT2D eigenvalue weighted by Gasteiger charge is 2.16. The van der Waals surface area contributed by atoms with Crippen LogP contribution in [0, 0.1) is 0 Å². The molecule has 5 heteroatoms. The van der Waals surface area contributed by atoms with Crippen molar-refractivity contribution < 1.29 is 0 Å². The number of fused-ring (bicyclic) bond motifs is 1. The molecule has 0 bridgehead atoms. The van der Waals surface area contributed by atoms with Gasteiger partial charge in [-0.25, -0.2) is 0 Å². The van der Waals surface area contributed by atoms with Gasteiger partial charge in [-0.3, -0.25) is 4.57 Å². The van der Waals surface area contributed by atoms with Crippen molar-refractivity contribution in [3.05, 3.63) is 42.6 Å². The standard InChI is InChI=1S/C15H17N5/c1-2-12(16-5-1)6-11-8-17-15-4-3-13(7-14(11)15)20-9-18-19-10-20/h3-4,7-10,12,16-17H,1-2,5-6H2/t12-/m0/s1. The lowest BCUT2D eigenvalue weighted by atomic mass is 10.0. The highest BCUT2D eigenvalue weighted by molar-refractivity contribution is 5.85. The summed E-state index contributed by atoms with van der Waals surface area (Å²) in [5.74, 6) is 0. The summed E-state index contributed by atoms with van der Waals surface area (Å²) < 4.78 is 1.93. The molecule has 1 aliphatic heterocycles. The predicted molar refractivity (Wildman–Crippen MR) is 77.9 cm³/mol. The van der Waals surface area contributed by atoms with Gasteiger partial charge in [0.05, 0.1) is 0 Å². The van der Waals surface area contributed by atoms with Gasteiger partial charge in [0.2, 0.25) is 0 Å². The van der Waals surface area contributed by atoms with Crippen molar-refractivity contribution in [2.24, 2.45) is 0 Å². The third-order valence-electron chi connectivity index (χ3n) is 4.10. The molecule has 0 spiro atoms. The van der Waals surface area contributed by atoms with Crippen LogP contribution in [0.3, 0.4) is 0 Å². The molecule has 1 atom stereocenters. The maximum Gasteiger partial charge on any atom is 0.123 e. The molecule has 1 saturated heterocycles. The number of benzene rings is 1. The summed E-state index contributed by atoms with van der Waals surface area (Å²) in [6, 6.07) is 7.03. The molecule has 0 radical (unpaired) electrons. The number of hydrogen-bond acceptors (Lipinski definition) is 3. The van der Waals surface area contributed by atoms with E-state index in [4.69, 9.17) is 0 Å². The van der Waals surface area contributed by atoms with E-state index in [1.54, 1.807) is 12.7 Å². The van der Waals surface area contributed by atoms with Crippen LogP contribution in [0.15, 0.2) is 37.1 Å². The minimum absolute atomic E-state index is 0.618. The maximum absolute atomic E-state index is 3.87. The van der Waals surface area contributed by atoms with Gasteiger partial charge in [0.25, 0.3) is 0 Å². The van der Waals surface area contributed by atoms with E-state index in [1.807, 2.05) is 4.57 Å². The number of aromatic amines is 1. The van der Waals surface area contributed by atoms with E-state index in [-0.39, 0.29) is 0 Å². The van der Waals surface area contributed by atoms with Gasteiger partial charge < -0.3 is 10.3 Å². The summed E-state index contributed by atoms with van der Waals surface area (Å²) in [7, 11) is 0. The monoisotopic (exact) mass is 267 g/mol. The van der Waals surface area contributed by atoms with Gasteiger partial charge in [0.15, 0.2) is 0 Å². The van der Waals surface area contributed by atoms with Crippen LogP contribution in [0.4, 0.5) is 0 Å². The lowest BCUT2D eigenvalue weighted by Gasteiger charge is -2.09. The van der Waals surface area contributed by atoms with Crippen LogP contribution >= 0.6 is 0 Å². The van der Waals surface area contributed by atoms with E-state index in [1.165, 1.54) is 29.3 Å². The highest BCUT2D eigenvalue weighted by atomic mass is 15.2. The van der Waals surface area contributed by atoms with Crippen LogP contribution < -0.4 is 5.32 Å². The largest absolute Gasteiger partial charge is 0.361 e. The summed E-state index contributed by atoms with van der Waals surface area (Å²) >= 11 is 0. The first kappa shape index (κ1) is 11.7. The Morgan fingerprint density at radius 3 is 2.95 bits per heavy atom. The number of aromatic nitrogens is 4. The Hall–Kier alpha value is -2.14. The molecule has 102 valence electrons. The van der Waals surface area contributed by atoms with Crippen LogP contribution in [0.1, 0.15) is 18.4 Å². The Bertz CT molecular complexity index is 707. The van der Waals surface area contributed by atoms with Gasteiger partial charge in [-0.2, -0.15) is 0 Å². The summed E-state index contributed by atoms with van der Waals surface area (Å²) in [4.78, 5) is 3.37. The van der Waals surface area contributed by atoms with Crippen molar-refractivity contribution in [2.75, 3.05) is 6.54 Å². The van der Waals surface area contributed by atoms with Crippen LogP contribution in [0.2, 0.25) is 0 Å². The van der Waals surface area contributed by atoms with E-state index in [0.717, 1.165) is 18.7 Å². The molecule has 0 saturated carbocycles. The topological polar surface area (TPSA) is 58.5 Å². The van der Waals surface area contributed by atoms with E-state index in [9.17, 15) is 0 Å². The SMILES string of the molecule is c1cc2[nH]cc(C[C@@H]3CCCN3)c2cc1-n1cnnc1. The Morgan fingerprint density at radius 1 is 1.25 bits per heavy atom. The number of rotatable bonds is 3. The fourth-order valence-corrected chi connectivity index (χ4v) is 3.03. The van der Waals surface area contributed by atoms with E-state index in [0.29, 0.717) is 6.04 Å². The number of nitrogens with one attached hydrogen (secondary N) is 2. The maximum atomic E-state index is 3.87. The van der Waals surface area contributed by atoms with Gasteiger partial charge in [0, 0.05) is 28.8 Å². The minimum Gasteiger partial charge on any atom is -0.361 e. The van der Waals surface area contributed by atoms with Crippen LogP contribution in [-0.4, -0.2) is 32.3 Å². The van der Waals surface area contributed by atoms with Gasteiger partial charge in [-0.1, -0.05) is 0 Å². The van der Waals surface area contributed by atoms with Gasteiger partial charge in [-0.05, 0) is 49.6 Å². The zero-order valence-corrected chi connectivity index (χ0v) is 11.2. The van der Waals surface area contributed by atoms with Crippen molar-refractivity contribution in [3.63, 3.8) is 0 Å². The number of nitrogens with zero attached hydrogens (tertiary/aromatic N) is 3. The Morgan fingerprint density at radius 2 is 2.15 bits per heavy atom. The van der Waals surface area contributed by atoms with Crippen molar-refractivity contribution in [2.45, 2.75) is 25.3 Å². The molecular weight excluding hydrogens is 250 g/mol. The molecular formula is C15H17N5. The van der Waals surface area contributed by atoms with Gasteiger partial charge >= 0.3 is 0 Å². The minimum atomic E-state index is 0.618. The Kier molecular flexibility index (Phi) is 2.77. The van der Waals surface area contributed by atoms with Crippen molar-refractivity contribution in [1.29, 1.82) is 0 Å². The molecule has 4 rings (SSSR count). The molecule has 2 N–H and O–H groups in total. The van der Waals surface area contributed by atoms with Gasteiger partial charge in [0.1, 0.15) is 12.7 Å². The average Bonchev–Trinajstić information content (AvgIpc) is 3.20. The van der Waals surface area contributed by atoms with E-state index >= 15 is 0 Å². The lowest BCUT2D eigenvalue weighted by Crippen LogP contribution is -2.23. The van der Waals surface area contributed by atoms with Crippen LogP contribution in [0.5, 0.6) is 0 Å². The van der Waals surface area contributed by atoms with Crippen molar-refractivity contribution in [3.8, 4) is 5.69 Å². The summed E-state index contributed by atoms with van der Waals surface area (Å²) in [5, 5.41) is 12.6. The molecule has 1 aromatic carbocycles.